The summed E-state index contributed by atoms with van der Waals surface area (Å²) in [6.07, 6.45) is 0. The number of sulfone groups is 1. The number of aromatic hydroxyl groups is 2. The molecule has 8 N–H and O–H groups in total. The molecule has 0 heterocycles. The SMILES string of the molecule is Nc1cc(S(=O)(=O)O)ccc1O.O=C(Nc1cc(S(=O)(=O)O)cc2cc(S(=O)(=O)O)cc(O)c12)c1ccc(CS(=O)(=O)CCCl)cc1. The standard InChI is InChI=1S/C20H18ClNO10S3.C6H7NO4S/c21-5-6-33(25,26)11-12-1-3-13(4-2-12)20(24)22-17-9-15(34(27,28)29)7-14-8-16(35(30,31)32)10-18(23)19(14)17;7-5-3-4(12(9,10)11)1-2-6(5)8/h1-4,7-10,23H,5-6,11H2,(H,22,24)(H,27,28,29)(H,30,31,32);1-3,8H,7H2,(H,9,10,11). The van der Waals surface area contributed by atoms with Gasteiger partial charge in [-0.25, -0.2) is 8.42 Å². The van der Waals surface area contributed by atoms with E-state index in [0.717, 1.165) is 36.4 Å². The third-order valence-electron chi connectivity index (χ3n) is 6.11. The second-order valence-corrected chi connectivity index (χ2v) is 16.4. The quantitative estimate of drug-likeness (QED) is 0.0560. The largest absolute Gasteiger partial charge is 0.507 e. The number of fused-ring (bicyclic) bond motifs is 1. The Morgan fingerprint density at radius 2 is 1.23 bits per heavy atom. The van der Waals surface area contributed by atoms with E-state index < -0.39 is 61.6 Å². The molecule has 0 saturated heterocycles. The number of rotatable bonds is 9. The van der Waals surface area contributed by atoms with Crippen LogP contribution in [0.15, 0.2) is 81.4 Å². The van der Waals surface area contributed by atoms with Gasteiger partial charge in [0, 0.05) is 22.9 Å². The number of halogens is 1. The molecule has 4 aromatic carbocycles. The number of nitrogens with two attached hydrogens (primary N) is 1. The Morgan fingerprint density at radius 1 is 0.702 bits per heavy atom. The van der Waals surface area contributed by atoms with E-state index >= 15 is 0 Å². The van der Waals surface area contributed by atoms with Crippen molar-refractivity contribution >= 4 is 79.8 Å². The summed E-state index contributed by atoms with van der Waals surface area (Å²) in [5, 5.41) is 21.3. The van der Waals surface area contributed by atoms with Crippen LogP contribution in [0.25, 0.3) is 10.8 Å². The van der Waals surface area contributed by atoms with Crippen molar-refractivity contribution in [3.63, 3.8) is 0 Å². The zero-order valence-electron chi connectivity index (χ0n) is 23.5. The number of carbonyl (C=O) groups is 1. The lowest BCUT2D eigenvalue weighted by atomic mass is 10.1. The minimum atomic E-state index is -4.82. The molecule has 4 rings (SSSR count). The fourth-order valence-corrected chi connectivity index (χ4v) is 7.30. The highest BCUT2D eigenvalue weighted by Crippen LogP contribution is 2.37. The summed E-state index contributed by atoms with van der Waals surface area (Å²) >= 11 is 5.47. The molecule has 0 aliphatic carbocycles. The summed E-state index contributed by atoms with van der Waals surface area (Å²) in [5.74, 6) is -2.26. The first-order valence-electron chi connectivity index (χ1n) is 12.5. The van der Waals surface area contributed by atoms with E-state index in [1.807, 2.05) is 0 Å². The number of nitrogen functional groups attached to an aromatic ring is 1. The molecule has 1 amide bonds. The van der Waals surface area contributed by atoms with Crippen molar-refractivity contribution < 1.29 is 62.3 Å². The van der Waals surface area contributed by atoms with Gasteiger partial charge in [-0.15, -0.1) is 11.6 Å². The van der Waals surface area contributed by atoms with Gasteiger partial charge in [0.25, 0.3) is 36.3 Å². The Balaban J connectivity index is 0.000000420. The molecule has 0 aliphatic rings. The molecule has 0 unspecified atom stereocenters. The summed E-state index contributed by atoms with van der Waals surface area (Å²) in [5.41, 5.74) is 5.26. The van der Waals surface area contributed by atoms with Crippen molar-refractivity contribution in [2.45, 2.75) is 20.4 Å². The van der Waals surface area contributed by atoms with Crippen molar-refractivity contribution in [1.82, 2.24) is 0 Å². The minimum Gasteiger partial charge on any atom is -0.507 e. The van der Waals surface area contributed by atoms with Crippen LogP contribution in [0.5, 0.6) is 11.5 Å². The molecule has 21 heteroatoms. The first-order valence-corrected chi connectivity index (χ1v) is 19.2. The Labute approximate surface area is 273 Å². The second-order valence-electron chi connectivity index (χ2n) is 9.59. The van der Waals surface area contributed by atoms with Crippen LogP contribution in [0, 0.1) is 0 Å². The highest BCUT2D eigenvalue weighted by molar-refractivity contribution is 7.90. The number of phenols is 2. The molecule has 4 aromatic rings. The van der Waals surface area contributed by atoms with Crippen LogP contribution >= 0.6 is 11.6 Å². The van der Waals surface area contributed by atoms with E-state index in [2.05, 4.69) is 5.32 Å². The number of nitrogens with one attached hydrogen (secondary N) is 1. The average molecular weight is 753 g/mol. The third kappa shape index (κ3) is 9.98. The third-order valence-corrected chi connectivity index (χ3v) is 10.6. The Bertz CT molecular complexity index is 2290. The number of alkyl halides is 1. The van der Waals surface area contributed by atoms with Crippen LogP contribution in [0.1, 0.15) is 15.9 Å². The van der Waals surface area contributed by atoms with Crippen LogP contribution in [0.2, 0.25) is 0 Å². The first kappa shape index (κ1) is 37.4. The normalized spacial score (nSPS) is 12.3. The Morgan fingerprint density at radius 3 is 1.72 bits per heavy atom. The number of amides is 1. The molecule has 16 nitrogen and oxygen atoms in total. The first-order chi connectivity index (χ1) is 21.5. The summed E-state index contributed by atoms with van der Waals surface area (Å²) in [7, 11) is -17.3. The van der Waals surface area contributed by atoms with E-state index in [-0.39, 0.29) is 55.7 Å². The van der Waals surface area contributed by atoms with Crippen LogP contribution in [0.3, 0.4) is 0 Å². The number of carbonyl (C=O) groups excluding carboxylic acids is 1. The zero-order chi connectivity index (χ0) is 35.5. The molecule has 0 saturated carbocycles. The van der Waals surface area contributed by atoms with Gasteiger partial charge in [0.2, 0.25) is 0 Å². The van der Waals surface area contributed by atoms with Gasteiger partial charge in [0.15, 0.2) is 9.84 Å². The van der Waals surface area contributed by atoms with Gasteiger partial charge in [0.05, 0.1) is 37.6 Å². The summed E-state index contributed by atoms with van der Waals surface area (Å²) in [4.78, 5) is 11.0. The van der Waals surface area contributed by atoms with Crippen LogP contribution in [-0.2, 0) is 45.9 Å². The lowest BCUT2D eigenvalue weighted by Crippen LogP contribution is -2.14. The van der Waals surface area contributed by atoms with E-state index in [0.29, 0.717) is 11.6 Å². The van der Waals surface area contributed by atoms with Gasteiger partial charge < -0.3 is 21.3 Å². The van der Waals surface area contributed by atoms with Crippen molar-refractivity contribution in [2.75, 3.05) is 22.7 Å². The highest BCUT2D eigenvalue weighted by Gasteiger charge is 2.21. The smallest absolute Gasteiger partial charge is 0.294 e. The summed E-state index contributed by atoms with van der Waals surface area (Å²) < 4.78 is 118. The van der Waals surface area contributed by atoms with Crippen molar-refractivity contribution in [3.8, 4) is 11.5 Å². The lowest BCUT2D eigenvalue weighted by molar-refractivity contribution is 0.102. The topological polar surface area (TPSA) is 293 Å². The molecule has 0 radical (unpaired) electrons. The number of hydrogen-bond acceptors (Lipinski definition) is 12. The summed E-state index contributed by atoms with van der Waals surface area (Å²) in [6.45, 7) is 0. The molecule has 254 valence electrons. The van der Waals surface area contributed by atoms with Gasteiger partial charge >= 0.3 is 0 Å². The molecule has 0 aliphatic heterocycles. The summed E-state index contributed by atoms with van der Waals surface area (Å²) in [6, 6.07) is 11.9. The monoisotopic (exact) mass is 752 g/mol. The van der Waals surface area contributed by atoms with Crippen molar-refractivity contribution in [3.05, 3.63) is 77.9 Å². The fraction of sp³-hybridized carbons (Fsp3) is 0.115. The minimum absolute atomic E-state index is 0.0444. The second kappa shape index (κ2) is 14.0. The van der Waals surface area contributed by atoms with E-state index in [1.165, 1.54) is 24.3 Å². The molecule has 0 atom stereocenters. The van der Waals surface area contributed by atoms with Crippen LogP contribution < -0.4 is 11.1 Å². The van der Waals surface area contributed by atoms with Crippen LogP contribution in [0.4, 0.5) is 11.4 Å². The molecule has 0 spiro atoms. The van der Waals surface area contributed by atoms with Crippen molar-refractivity contribution in [2.24, 2.45) is 0 Å². The maximum Gasteiger partial charge on any atom is 0.294 e. The van der Waals surface area contributed by atoms with Crippen molar-refractivity contribution in [1.29, 1.82) is 0 Å². The molecular formula is C26H25ClN2O14S4. The predicted molar refractivity (Wildman–Crippen MR) is 170 cm³/mol. The number of phenolic OH excluding ortho intramolecular Hbond substituents is 2. The molecular weight excluding hydrogens is 728 g/mol. The van der Waals surface area contributed by atoms with Gasteiger partial charge in [-0.05, 0) is 59.5 Å². The Hall–Kier alpha value is -4.02. The van der Waals surface area contributed by atoms with Gasteiger partial charge in [0.1, 0.15) is 11.5 Å². The van der Waals surface area contributed by atoms with Gasteiger partial charge in [-0.3, -0.25) is 18.5 Å². The van der Waals surface area contributed by atoms with E-state index in [4.69, 9.17) is 27.0 Å². The molecule has 0 bridgehead atoms. The van der Waals surface area contributed by atoms with E-state index in [9.17, 15) is 52.7 Å². The highest BCUT2D eigenvalue weighted by atomic mass is 35.5. The van der Waals surface area contributed by atoms with Gasteiger partial charge in [-0.1, -0.05) is 12.1 Å². The van der Waals surface area contributed by atoms with Crippen LogP contribution in [-0.4, -0.2) is 75.1 Å². The Kier molecular flexibility index (Phi) is 11.1. The predicted octanol–water partition coefficient (Wildman–Crippen LogP) is 2.67. The number of anilines is 2. The average Bonchev–Trinajstić information content (AvgIpc) is 2.93. The number of hydrogen-bond donors (Lipinski definition) is 7. The maximum atomic E-state index is 12.8. The fourth-order valence-electron chi connectivity index (χ4n) is 3.92. The lowest BCUT2D eigenvalue weighted by Gasteiger charge is -2.13. The van der Waals surface area contributed by atoms with Gasteiger partial charge in [-0.2, -0.15) is 25.3 Å². The molecule has 0 aromatic heterocycles. The number of benzene rings is 4. The van der Waals surface area contributed by atoms with E-state index in [1.54, 1.807) is 0 Å². The molecule has 47 heavy (non-hydrogen) atoms. The molecule has 0 fully saturated rings. The zero-order valence-corrected chi connectivity index (χ0v) is 27.5. The maximum absolute atomic E-state index is 12.8.